The maximum absolute atomic E-state index is 9.65. The molecule has 6 nitrogen and oxygen atoms in total. The lowest BCUT2D eigenvalue weighted by molar-refractivity contribution is -0.198. The Hall–Kier alpha value is -2.72. The summed E-state index contributed by atoms with van der Waals surface area (Å²) >= 11 is 0. The third-order valence-electron chi connectivity index (χ3n) is 3.82. The van der Waals surface area contributed by atoms with E-state index in [1.54, 1.807) is 0 Å². The van der Waals surface area contributed by atoms with Crippen LogP contribution in [-0.2, 0) is 11.2 Å². The van der Waals surface area contributed by atoms with Crippen LogP contribution in [0.4, 0.5) is 0 Å². The Morgan fingerprint density at radius 1 is 1.11 bits per heavy atom. The smallest absolute Gasteiger partial charge is 0.226 e. The molecule has 3 rings (SSSR count). The molecule has 1 aliphatic heterocycles. The first-order valence-corrected chi connectivity index (χ1v) is 8.54. The van der Waals surface area contributed by atoms with Crippen LogP contribution in [0.1, 0.15) is 17.5 Å². The zero-order chi connectivity index (χ0) is 19.8. The highest BCUT2D eigenvalue weighted by atomic mass is 16.7. The van der Waals surface area contributed by atoms with Gasteiger partial charge in [0.1, 0.15) is 23.4 Å². The predicted molar refractivity (Wildman–Crippen MR) is 100 cm³/mol. The molecule has 0 spiro atoms. The standard InChI is InChI=1S/C12H16O4.C9H8O2/c1-8-2-4-10(5-3-8)16-12-11(14)6-9(13)7-15-12;1-2-3-7-4-8(10)6-9(11)5-7/h2-5,9,11-14H,6-7H2,1H3;1,4-6,10-11H,3H2/t9-,11?,12?;/m0./s1. The predicted octanol–water partition coefficient (Wildman–Crippen LogP) is 2.12. The summed E-state index contributed by atoms with van der Waals surface area (Å²) in [7, 11) is 0. The number of aromatic hydroxyl groups is 2. The van der Waals surface area contributed by atoms with Crippen LogP contribution < -0.4 is 4.74 Å². The lowest BCUT2D eigenvalue weighted by Gasteiger charge is -2.31. The van der Waals surface area contributed by atoms with Crippen molar-refractivity contribution < 1.29 is 29.9 Å². The Balaban J connectivity index is 0.000000208. The topological polar surface area (TPSA) is 99.4 Å². The van der Waals surface area contributed by atoms with Crippen molar-refractivity contribution in [1.29, 1.82) is 0 Å². The second-order valence-electron chi connectivity index (χ2n) is 6.33. The van der Waals surface area contributed by atoms with Crippen LogP contribution in [0.15, 0.2) is 42.5 Å². The van der Waals surface area contributed by atoms with Crippen LogP contribution in [0.5, 0.6) is 17.2 Å². The molecule has 3 atom stereocenters. The van der Waals surface area contributed by atoms with Gasteiger partial charge in [0.25, 0.3) is 0 Å². The normalized spacial score (nSPS) is 21.5. The van der Waals surface area contributed by atoms with Crippen LogP contribution in [0.3, 0.4) is 0 Å². The molecule has 1 saturated heterocycles. The number of aliphatic hydroxyl groups is 2. The molecule has 0 aliphatic carbocycles. The maximum Gasteiger partial charge on any atom is 0.226 e. The van der Waals surface area contributed by atoms with Crippen molar-refractivity contribution in [3.8, 4) is 29.6 Å². The average Bonchev–Trinajstić information content (AvgIpc) is 2.59. The second-order valence-corrected chi connectivity index (χ2v) is 6.33. The molecule has 2 aromatic carbocycles. The number of phenolic OH excluding ortho intramolecular Hbond substituents is 2. The first kappa shape index (κ1) is 20.6. The lowest BCUT2D eigenvalue weighted by Crippen LogP contribution is -2.44. The van der Waals surface area contributed by atoms with Crippen LogP contribution >= 0.6 is 0 Å². The number of terminal acetylenes is 1. The van der Waals surface area contributed by atoms with Gasteiger partial charge >= 0.3 is 0 Å². The summed E-state index contributed by atoms with van der Waals surface area (Å²) in [5, 5.41) is 36.9. The highest BCUT2D eigenvalue weighted by Crippen LogP contribution is 2.21. The minimum atomic E-state index is -0.787. The molecule has 144 valence electrons. The van der Waals surface area contributed by atoms with Crippen LogP contribution in [-0.4, -0.2) is 45.5 Å². The highest BCUT2D eigenvalue weighted by molar-refractivity contribution is 5.37. The molecule has 2 unspecified atom stereocenters. The molecule has 1 aliphatic rings. The minimum Gasteiger partial charge on any atom is -0.508 e. The number of ether oxygens (including phenoxy) is 2. The van der Waals surface area contributed by atoms with E-state index in [0.717, 1.165) is 11.1 Å². The molecule has 0 radical (unpaired) electrons. The summed E-state index contributed by atoms with van der Waals surface area (Å²) in [5.41, 5.74) is 1.89. The molecule has 6 heteroatoms. The number of hydrogen-bond acceptors (Lipinski definition) is 6. The van der Waals surface area contributed by atoms with Crippen LogP contribution in [0.2, 0.25) is 0 Å². The van der Waals surface area contributed by atoms with Crippen LogP contribution in [0.25, 0.3) is 0 Å². The van der Waals surface area contributed by atoms with E-state index in [9.17, 15) is 10.2 Å². The van der Waals surface area contributed by atoms with Gasteiger partial charge in [-0.2, -0.15) is 0 Å². The number of benzene rings is 2. The average molecular weight is 372 g/mol. The molecule has 0 amide bonds. The van der Waals surface area contributed by atoms with E-state index >= 15 is 0 Å². The van der Waals surface area contributed by atoms with Crippen molar-refractivity contribution in [2.75, 3.05) is 6.61 Å². The van der Waals surface area contributed by atoms with Gasteiger partial charge in [0, 0.05) is 18.9 Å². The van der Waals surface area contributed by atoms with Crippen molar-refractivity contribution >= 4 is 0 Å². The van der Waals surface area contributed by atoms with Crippen molar-refractivity contribution in [2.24, 2.45) is 0 Å². The van der Waals surface area contributed by atoms with E-state index in [0.29, 0.717) is 12.2 Å². The van der Waals surface area contributed by atoms with E-state index in [2.05, 4.69) is 5.92 Å². The number of phenols is 2. The Kier molecular flexibility index (Phi) is 7.50. The molecule has 2 aromatic rings. The molecular weight excluding hydrogens is 348 g/mol. The molecule has 0 aromatic heterocycles. The zero-order valence-electron chi connectivity index (χ0n) is 15.1. The Morgan fingerprint density at radius 2 is 1.74 bits per heavy atom. The third kappa shape index (κ3) is 6.83. The first-order valence-electron chi connectivity index (χ1n) is 8.54. The number of aliphatic hydroxyl groups excluding tert-OH is 2. The number of rotatable bonds is 3. The minimum absolute atomic E-state index is 0.0373. The Bertz CT molecular complexity index is 745. The molecule has 0 saturated carbocycles. The maximum atomic E-state index is 9.65. The van der Waals surface area contributed by atoms with Crippen LogP contribution in [0, 0.1) is 19.3 Å². The van der Waals surface area contributed by atoms with Gasteiger partial charge in [-0.1, -0.05) is 17.7 Å². The van der Waals surface area contributed by atoms with Gasteiger partial charge < -0.3 is 29.9 Å². The Labute approximate surface area is 158 Å². The first-order chi connectivity index (χ1) is 12.9. The van der Waals surface area contributed by atoms with Gasteiger partial charge in [-0.25, -0.2) is 0 Å². The largest absolute Gasteiger partial charge is 0.508 e. The van der Waals surface area contributed by atoms with E-state index < -0.39 is 18.5 Å². The summed E-state index contributed by atoms with van der Waals surface area (Å²) in [4.78, 5) is 0. The fourth-order valence-corrected chi connectivity index (χ4v) is 2.51. The van der Waals surface area contributed by atoms with E-state index in [-0.39, 0.29) is 24.5 Å². The van der Waals surface area contributed by atoms with E-state index in [1.807, 2.05) is 31.2 Å². The van der Waals surface area contributed by atoms with Gasteiger partial charge in [-0.15, -0.1) is 12.3 Å². The molecule has 1 heterocycles. The summed E-state index contributed by atoms with van der Waals surface area (Å²) in [5.74, 6) is 3.15. The summed E-state index contributed by atoms with van der Waals surface area (Å²) < 4.78 is 10.7. The molecule has 1 fully saturated rings. The molecule has 27 heavy (non-hydrogen) atoms. The van der Waals surface area contributed by atoms with Crippen molar-refractivity contribution in [1.82, 2.24) is 0 Å². The quantitative estimate of drug-likeness (QED) is 0.616. The van der Waals surface area contributed by atoms with Crippen molar-refractivity contribution in [3.05, 3.63) is 53.6 Å². The van der Waals surface area contributed by atoms with Gasteiger partial charge in [-0.3, -0.25) is 0 Å². The Morgan fingerprint density at radius 3 is 2.30 bits per heavy atom. The fourth-order valence-electron chi connectivity index (χ4n) is 2.51. The number of hydrogen-bond donors (Lipinski definition) is 4. The van der Waals surface area contributed by atoms with Gasteiger partial charge in [-0.05, 0) is 36.8 Å². The molecule has 0 bridgehead atoms. The summed E-state index contributed by atoms with van der Waals surface area (Å²) in [6.07, 6.45) is 3.67. The van der Waals surface area contributed by atoms with E-state index in [1.165, 1.54) is 18.2 Å². The second kappa shape index (κ2) is 9.83. The van der Waals surface area contributed by atoms with E-state index in [4.69, 9.17) is 26.1 Å². The zero-order valence-corrected chi connectivity index (χ0v) is 15.1. The van der Waals surface area contributed by atoms with Gasteiger partial charge in [0.15, 0.2) is 0 Å². The summed E-state index contributed by atoms with van der Waals surface area (Å²) in [6, 6.07) is 11.8. The van der Waals surface area contributed by atoms with Gasteiger partial charge in [0.2, 0.25) is 6.29 Å². The van der Waals surface area contributed by atoms with Crippen molar-refractivity contribution in [2.45, 2.75) is 38.3 Å². The lowest BCUT2D eigenvalue weighted by atomic mass is 10.1. The third-order valence-corrected chi connectivity index (χ3v) is 3.82. The van der Waals surface area contributed by atoms with Gasteiger partial charge in [0.05, 0.1) is 12.7 Å². The monoisotopic (exact) mass is 372 g/mol. The highest BCUT2D eigenvalue weighted by Gasteiger charge is 2.30. The molecule has 4 N–H and O–H groups in total. The SMILES string of the molecule is C#CCc1cc(O)cc(O)c1.Cc1ccc(OC2OC[C@@H](O)CC2O)cc1. The van der Waals surface area contributed by atoms with Crippen molar-refractivity contribution in [3.63, 3.8) is 0 Å². The molecular formula is C21H24O6. The fraction of sp³-hybridized carbons (Fsp3) is 0.333. The summed E-state index contributed by atoms with van der Waals surface area (Å²) in [6.45, 7) is 2.19. The number of aryl methyl sites for hydroxylation is 1.